The van der Waals surface area contributed by atoms with Gasteiger partial charge in [0, 0.05) is 24.3 Å². The van der Waals surface area contributed by atoms with Crippen molar-refractivity contribution in [1.82, 2.24) is 0 Å². The van der Waals surface area contributed by atoms with Gasteiger partial charge in [0.2, 0.25) is 0 Å². The molecule has 2 heterocycles. The molecule has 2 nitrogen and oxygen atoms in total. The molecule has 74 valence electrons. The highest BCUT2D eigenvalue weighted by Gasteiger charge is 2.35. The van der Waals surface area contributed by atoms with Crippen LogP contribution >= 0.6 is 0 Å². The van der Waals surface area contributed by atoms with Crippen molar-refractivity contribution in [3.8, 4) is 0 Å². The summed E-state index contributed by atoms with van der Waals surface area (Å²) in [5.41, 5.74) is 9.03. The summed E-state index contributed by atoms with van der Waals surface area (Å²) in [6, 6.07) is 9.74. The molecular weight excluding hydrogens is 172 g/mol. The zero-order valence-electron chi connectivity index (χ0n) is 8.32. The molecule has 2 aliphatic rings. The van der Waals surface area contributed by atoms with Crippen molar-refractivity contribution in [1.29, 1.82) is 0 Å². The van der Waals surface area contributed by atoms with Crippen LogP contribution in [0.5, 0.6) is 0 Å². The molecule has 0 saturated carbocycles. The van der Waals surface area contributed by atoms with Crippen LogP contribution in [0.4, 0.5) is 5.69 Å². The third-order valence-corrected chi connectivity index (χ3v) is 3.61. The smallest absolute Gasteiger partial charge is 0.0445 e. The van der Waals surface area contributed by atoms with E-state index in [2.05, 4.69) is 29.2 Å². The van der Waals surface area contributed by atoms with Gasteiger partial charge in [0.05, 0.1) is 0 Å². The van der Waals surface area contributed by atoms with E-state index in [0.717, 1.165) is 13.0 Å². The Bertz CT molecular complexity index is 348. The van der Waals surface area contributed by atoms with E-state index in [1.54, 1.807) is 0 Å². The molecule has 0 bridgehead atoms. The van der Waals surface area contributed by atoms with Gasteiger partial charge in [-0.3, -0.25) is 0 Å². The minimum atomic E-state index is 0.392. The third kappa shape index (κ3) is 1.07. The second-order valence-electron chi connectivity index (χ2n) is 4.38. The summed E-state index contributed by atoms with van der Waals surface area (Å²) in [6.07, 6.45) is 3.59. The zero-order chi connectivity index (χ0) is 9.54. The van der Waals surface area contributed by atoms with Crippen molar-refractivity contribution in [2.24, 2.45) is 5.73 Å². The van der Waals surface area contributed by atoms with Gasteiger partial charge in [-0.05, 0) is 30.9 Å². The Hall–Kier alpha value is -1.02. The SMILES string of the molecule is NC1CCN2c3ccccc3CCC12. The normalized spacial score (nSPS) is 29.9. The molecule has 1 saturated heterocycles. The van der Waals surface area contributed by atoms with Crippen LogP contribution in [-0.2, 0) is 6.42 Å². The Balaban J connectivity index is 2.03. The van der Waals surface area contributed by atoms with Crippen molar-refractivity contribution < 1.29 is 0 Å². The van der Waals surface area contributed by atoms with E-state index in [4.69, 9.17) is 5.73 Å². The summed E-state index contributed by atoms with van der Waals surface area (Å²) in [4.78, 5) is 2.50. The Morgan fingerprint density at radius 2 is 2.07 bits per heavy atom. The van der Waals surface area contributed by atoms with E-state index in [0.29, 0.717) is 12.1 Å². The molecule has 2 heteroatoms. The van der Waals surface area contributed by atoms with Gasteiger partial charge in [0.1, 0.15) is 0 Å². The first-order valence-electron chi connectivity index (χ1n) is 5.46. The van der Waals surface area contributed by atoms with Gasteiger partial charge in [0.15, 0.2) is 0 Å². The molecular formula is C12H16N2. The number of benzene rings is 1. The average Bonchev–Trinajstić information content (AvgIpc) is 2.61. The average molecular weight is 188 g/mol. The standard InChI is InChI=1S/C12H16N2/c13-10-7-8-14-11-4-2-1-3-9(11)5-6-12(10)14/h1-4,10,12H,5-8,13H2. The second kappa shape index (κ2) is 2.99. The monoisotopic (exact) mass is 188 g/mol. The first-order valence-corrected chi connectivity index (χ1v) is 5.46. The number of hydrogen-bond donors (Lipinski definition) is 1. The lowest BCUT2D eigenvalue weighted by molar-refractivity contribution is 0.527. The predicted molar refractivity (Wildman–Crippen MR) is 58.5 cm³/mol. The van der Waals surface area contributed by atoms with Crippen LogP contribution in [0.3, 0.4) is 0 Å². The van der Waals surface area contributed by atoms with Crippen molar-refractivity contribution in [3.63, 3.8) is 0 Å². The Labute approximate surface area is 84.7 Å². The first kappa shape index (κ1) is 8.30. The van der Waals surface area contributed by atoms with Crippen LogP contribution in [0.2, 0.25) is 0 Å². The fourth-order valence-corrected chi connectivity index (χ4v) is 2.85. The van der Waals surface area contributed by atoms with E-state index in [1.165, 1.54) is 24.1 Å². The maximum absolute atomic E-state index is 6.10. The molecule has 14 heavy (non-hydrogen) atoms. The van der Waals surface area contributed by atoms with Crippen LogP contribution in [-0.4, -0.2) is 18.6 Å². The van der Waals surface area contributed by atoms with Gasteiger partial charge in [-0.15, -0.1) is 0 Å². The lowest BCUT2D eigenvalue weighted by Gasteiger charge is -2.34. The highest BCUT2D eigenvalue weighted by Crippen LogP contribution is 2.35. The van der Waals surface area contributed by atoms with Gasteiger partial charge in [0.25, 0.3) is 0 Å². The summed E-state index contributed by atoms with van der Waals surface area (Å²) in [5, 5.41) is 0. The lowest BCUT2D eigenvalue weighted by Crippen LogP contribution is -2.42. The molecule has 1 aromatic carbocycles. The van der Waals surface area contributed by atoms with Gasteiger partial charge >= 0.3 is 0 Å². The van der Waals surface area contributed by atoms with Crippen molar-refractivity contribution >= 4 is 5.69 Å². The number of hydrogen-bond acceptors (Lipinski definition) is 2. The third-order valence-electron chi connectivity index (χ3n) is 3.61. The zero-order valence-corrected chi connectivity index (χ0v) is 8.32. The number of fused-ring (bicyclic) bond motifs is 3. The molecule has 0 aromatic heterocycles. The lowest BCUT2D eigenvalue weighted by atomic mass is 9.95. The highest BCUT2D eigenvalue weighted by atomic mass is 15.2. The molecule has 3 rings (SSSR count). The number of rotatable bonds is 0. The summed E-state index contributed by atoms with van der Waals surface area (Å²) < 4.78 is 0. The fraction of sp³-hybridized carbons (Fsp3) is 0.500. The van der Waals surface area contributed by atoms with Crippen LogP contribution in [0, 0.1) is 0 Å². The quantitative estimate of drug-likeness (QED) is 0.669. The number of para-hydroxylation sites is 1. The van der Waals surface area contributed by atoms with Crippen LogP contribution in [0.25, 0.3) is 0 Å². The maximum Gasteiger partial charge on any atom is 0.0445 e. The highest BCUT2D eigenvalue weighted by molar-refractivity contribution is 5.57. The van der Waals surface area contributed by atoms with Gasteiger partial charge in [-0.2, -0.15) is 0 Å². The van der Waals surface area contributed by atoms with E-state index >= 15 is 0 Å². The number of nitrogens with two attached hydrogens (primary N) is 1. The van der Waals surface area contributed by atoms with Crippen LogP contribution < -0.4 is 10.6 Å². The topological polar surface area (TPSA) is 29.3 Å². The largest absolute Gasteiger partial charge is 0.367 e. The van der Waals surface area contributed by atoms with Crippen molar-refractivity contribution in [3.05, 3.63) is 29.8 Å². The Morgan fingerprint density at radius 1 is 1.21 bits per heavy atom. The summed E-state index contributed by atoms with van der Waals surface area (Å²) in [5.74, 6) is 0. The van der Waals surface area contributed by atoms with Gasteiger partial charge in [-0.25, -0.2) is 0 Å². The molecule has 0 spiro atoms. The molecule has 2 aliphatic heterocycles. The van der Waals surface area contributed by atoms with Gasteiger partial charge in [-0.1, -0.05) is 18.2 Å². The number of aryl methyl sites for hydroxylation is 1. The van der Waals surface area contributed by atoms with E-state index in [1.807, 2.05) is 0 Å². The maximum atomic E-state index is 6.10. The molecule has 2 atom stereocenters. The molecule has 2 unspecified atom stereocenters. The molecule has 2 N–H and O–H groups in total. The van der Waals surface area contributed by atoms with Crippen molar-refractivity contribution in [2.75, 3.05) is 11.4 Å². The number of nitrogens with zero attached hydrogens (tertiary/aromatic N) is 1. The van der Waals surface area contributed by atoms with Crippen LogP contribution in [0.1, 0.15) is 18.4 Å². The molecule has 1 aromatic rings. The molecule has 0 amide bonds. The summed E-state index contributed by atoms with van der Waals surface area (Å²) in [6.45, 7) is 1.14. The van der Waals surface area contributed by atoms with Crippen molar-refractivity contribution in [2.45, 2.75) is 31.3 Å². The molecule has 0 radical (unpaired) electrons. The summed E-state index contributed by atoms with van der Waals surface area (Å²) in [7, 11) is 0. The van der Waals surface area contributed by atoms with E-state index < -0.39 is 0 Å². The fourth-order valence-electron chi connectivity index (χ4n) is 2.85. The first-order chi connectivity index (χ1) is 6.86. The Morgan fingerprint density at radius 3 is 3.00 bits per heavy atom. The molecule has 0 aliphatic carbocycles. The Kier molecular flexibility index (Phi) is 1.77. The van der Waals surface area contributed by atoms with Crippen LogP contribution in [0.15, 0.2) is 24.3 Å². The van der Waals surface area contributed by atoms with E-state index in [-0.39, 0.29) is 0 Å². The van der Waals surface area contributed by atoms with E-state index in [9.17, 15) is 0 Å². The summed E-state index contributed by atoms with van der Waals surface area (Å²) >= 11 is 0. The molecule has 1 fully saturated rings. The number of anilines is 1. The minimum Gasteiger partial charge on any atom is -0.367 e. The minimum absolute atomic E-state index is 0.392. The predicted octanol–water partition coefficient (Wildman–Crippen LogP) is 1.54. The van der Waals surface area contributed by atoms with Gasteiger partial charge < -0.3 is 10.6 Å². The second-order valence-corrected chi connectivity index (χ2v) is 4.38.